The Hall–Kier alpha value is 0.0900. The molecule has 0 aromatic rings. The van der Waals surface area contributed by atoms with E-state index in [1.165, 1.54) is 12.8 Å². The maximum absolute atomic E-state index is 8.60. The summed E-state index contributed by atoms with van der Waals surface area (Å²) in [6.07, 6.45) is 2.61. The van der Waals surface area contributed by atoms with E-state index in [9.17, 15) is 0 Å². The monoisotopic (exact) mass is 227 g/mol. The molecule has 0 aromatic heterocycles. The van der Waals surface area contributed by atoms with Gasteiger partial charge in [0, 0.05) is 11.1 Å². The highest BCUT2D eigenvalue weighted by molar-refractivity contribution is 4.96. The van der Waals surface area contributed by atoms with Crippen molar-refractivity contribution < 1.29 is 28.9 Å². The van der Waals surface area contributed by atoms with E-state index in [0.29, 0.717) is 11.1 Å². The van der Waals surface area contributed by atoms with Crippen LogP contribution in [-0.4, -0.2) is 15.7 Å². The van der Waals surface area contributed by atoms with E-state index in [-0.39, 0.29) is 0 Å². The average molecular weight is 228 g/mol. The van der Waals surface area contributed by atoms with Gasteiger partial charge in [0.1, 0.15) is 0 Å². The molecule has 0 radical (unpaired) electrons. The van der Waals surface area contributed by atoms with Crippen molar-refractivity contribution in [3.8, 4) is 0 Å². The topological polar surface area (TPSA) is 101 Å². The van der Waals surface area contributed by atoms with Crippen molar-refractivity contribution >= 4 is 0 Å². The number of nitrogens with one attached hydrogen (secondary N) is 1. The van der Waals surface area contributed by atoms with E-state index in [4.69, 9.17) is 18.6 Å². The van der Waals surface area contributed by atoms with Crippen LogP contribution in [0.3, 0.4) is 0 Å². The third kappa shape index (κ3) is 8.68. The lowest BCUT2D eigenvalue weighted by Gasteiger charge is -2.24. The normalized spacial score (nSPS) is 24.0. The molecule has 1 saturated heterocycles. The number of rotatable bonds is 0. The van der Waals surface area contributed by atoms with Gasteiger partial charge in [0.05, 0.1) is 14.9 Å². The van der Waals surface area contributed by atoms with Gasteiger partial charge < -0.3 is 5.32 Å². The van der Waals surface area contributed by atoms with Crippen molar-refractivity contribution in [2.24, 2.45) is 0 Å². The minimum absolute atomic E-state index is 0.378. The Bertz CT molecular complexity index is 168. The summed E-state index contributed by atoms with van der Waals surface area (Å²) in [5.41, 5.74) is 0.757. The van der Waals surface area contributed by atoms with Gasteiger partial charge in [-0.2, -0.15) is 14.0 Å². The molecule has 0 aromatic carbocycles. The molecule has 0 saturated carbocycles. The zero-order chi connectivity index (χ0) is 11.6. The maximum Gasteiger partial charge on any atom is 0.0777 e. The van der Waals surface area contributed by atoms with Crippen LogP contribution in [0.4, 0.5) is 0 Å². The molecule has 0 spiro atoms. The number of hydrogen-bond donors (Lipinski definition) is 2. The molecular weight excluding hydrogens is 210 g/mol. The zero-order valence-corrected chi connectivity index (χ0v) is 9.72. The van der Waals surface area contributed by atoms with Gasteiger partial charge in [0.15, 0.2) is 0 Å². The van der Waals surface area contributed by atoms with Gasteiger partial charge in [-0.1, -0.05) is 0 Å². The first-order valence-electron chi connectivity index (χ1n) is 4.34. The number of hydrogen-bond acceptors (Lipinski definition) is 5. The Morgan fingerprint density at radius 2 is 1.21 bits per heavy atom. The molecule has 1 aliphatic rings. The molecule has 5 nitrogen and oxygen atoms in total. The summed E-state index contributed by atoms with van der Waals surface area (Å²) >= 11 is 0. The van der Waals surface area contributed by atoms with Gasteiger partial charge in [-0.15, -0.1) is 0 Å². The Labute approximate surface area is 86.5 Å². The predicted molar refractivity (Wildman–Crippen MR) is 42.7 cm³/mol. The summed E-state index contributed by atoms with van der Waals surface area (Å²) in [7, 11) is -4.69. The quantitative estimate of drug-likeness (QED) is 0.489. The van der Waals surface area contributed by atoms with Crippen molar-refractivity contribution in [3.05, 3.63) is 0 Å². The van der Waals surface area contributed by atoms with E-state index >= 15 is 0 Å². The number of halogens is 1. The van der Waals surface area contributed by atoms with Gasteiger partial charge >= 0.3 is 0 Å². The van der Waals surface area contributed by atoms with Crippen LogP contribution >= 0.6 is 0 Å². The van der Waals surface area contributed by atoms with Crippen molar-refractivity contribution in [2.75, 3.05) is 0 Å². The van der Waals surface area contributed by atoms with Crippen LogP contribution in [0.5, 0.6) is 0 Å². The molecule has 0 amide bonds. The molecule has 1 fully saturated rings. The minimum atomic E-state index is -4.69. The van der Waals surface area contributed by atoms with Crippen molar-refractivity contribution in [2.45, 2.75) is 51.6 Å². The summed E-state index contributed by atoms with van der Waals surface area (Å²) in [4.78, 5) is 0. The fraction of sp³-hybridized carbons (Fsp3) is 1.00. The maximum atomic E-state index is 8.60. The van der Waals surface area contributed by atoms with E-state index in [1.54, 1.807) is 0 Å². The smallest absolute Gasteiger partial charge is 0.0777 e. The van der Waals surface area contributed by atoms with Crippen molar-refractivity contribution in [1.29, 1.82) is 0 Å². The summed E-state index contributed by atoms with van der Waals surface area (Å²) in [5, 5.41) is 3.57. The molecule has 0 atom stereocenters. The van der Waals surface area contributed by atoms with Crippen LogP contribution in [0, 0.1) is 10.2 Å². The summed E-state index contributed by atoms with van der Waals surface area (Å²) in [6.45, 7) is 9.06. The Kier molecular flexibility index (Phi) is 4.33. The molecular formula is C8H18ClNO4. The highest BCUT2D eigenvalue weighted by Crippen LogP contribution is 2.29. The Morgan fingerprint density at radius 3 is 1.29 bits per heavy atom. The first-order valence-corrected chi connectivity index (χ1v) is 5.60. The molecule has 0 bridgehead atoms. The lowest BCUT2D eigenvalue weighted by Crippen LogP contribution is -2.58. The molecule has 1 rings (SSSR count). The van der Waals surface area contributed by atoms with E-state index in [0.717, 1.165) is 0 Å². The summed E-state index contributed by atoms with van der Waals surface area (Å²) in [5.74, 6) is 0. The fourth-order valence-corrected chi connectivity index (χ4v) is 1.67. The first kappa shape index (κ1) is 14.1. The van der Waals surface area contributed by atoms with Crippen LogP contribution in [-0.2, 0) is 0 Å². The van der Waals surface area contributed by atoms with Gasteiger partial charge in [-0.05, 0) is 40.5 Å². The van der Waals surface area contributed by atoms with Crippen LogP contribution in [0.25, 0.3) is 0 Å². The van der Waals surface area contributed by atoms with E-state index in [1.807, 2.05) is 0 Å². The Morgan fingerprint density at radius 1 is 1.00 bits per heavy atom. The van der Waals surface area contributed by atoms with Gasteiger partial charge in [-0.25, -0.2) is 0 Å². The molecule has 1 aliphatic heterocycles. The second-order valence-corrected chi connectivity index (χ2v) is 5.58. The lowest BCUT2D eigenvalue weighted by atomic mass is 10.0. The molecule has 0 aliphatic carbocycles. The van der Waals surface area contributed by atoms with Crippen LogP contribution in [0.2, 0.25) is 0 Å². The average Bonchev–Trinajstić information content (AvgIpc) is 1.99. The van der Waals surface area contributed by atoms with Crippen molar-refractivity contribution in [1.82, 2.24) is 5.32 Å². The third-order valence-electron chi connectivity index (χ3n) is 2.05. The first-order chi connectivity index (χ1) is 5.91. The SMILES string of the molecule is CC1(C)CCC(C)(C)N1.[O-][Cl+3]([O-])([O-])O. The fourth-order valence-electron chi connectivity index (χ4n) is 1.67. The molecule has 0 unspecified atom stereocenters. The van der Waals surface area contributed by atoms with E-state index < -0.39 is 10.2 Å². The standard InChI is InChI=1S/C8H17N.ClHO4/c1-7(2)5-6-8(3,4)9-7;2-1(3,4)5/h9H,5-6H2,1-4H3;(H,2,3,4,5). The van der Waals surface area contributed by atoms with Crippen LogP contribution in [0.15, 0.2) is 0 Å². The van der Waals surface area contributed by atoms with Crippen molar-refractivity contribution in [3.63, 3.8) is 0 Å². The Balaban J connectivity index is 0.000000292. The van der Waals surface area contributed by atoms with Gasteiger partial charge in [-0.3, -0.25) is 0 Å². The van der Waals surface area contributed by atoms with Gasteiger partial charge in [0.2, 0.25) is 0 Å². The molecule has 6 heteroatoms. The minimum Gasteiger partial charge on any atom is -0.307 e. The molecule has 14 heavy (non-hydrogen) atoms. The molecule has 86 valence electrons. The molecule has 2 N–H and O–H groups in total. The van der Waals surface area contributed by atoms with Crippen LogP contribution in [0.1, 0.15) is 40.5 Å². The molecule has 1 heterocycles. The zero-order valence-electron chi connectivity index (χ0n) is 8.96. The highest BCUT2D eigenvalue weighted by Gasteiger charge is 2.34. The second-order valence-electron chi connectivity index (χ2n) is 4.79. The summed E-state index contributed by atoms with van der Waals surface area (Å²) < 4.78 is 32.7. The lowest BCUT2D eigenvalue weighted by molar-refractivity contribution is -1.92. The predicted octanol–water partition coefficient (Wildman–Crippen LogP) is -2.20. The highest BCUT2D eigenvalue weighted by atomic mass is 35.7. The van der Waals surface area contributed by atoms with Crippen LogP contribution < -0.4 is 19.3 Å². The third-order valence-corrected chi connectivity index (χ3v) is 2.05. The largest absolute Gasteiger partial charge is 0.307 e. The second kappa shape index (κ2) is 4.30. The summed E-state index contributed by atoms with van der Waals surface area (Å²) in [6, 6.07) is 0. The van der Waals surface area contributed by atoms with Gasteiger partial charge in [0.25, 0.3) is 0 Å². The van der Waals surface area contributed by atoms with E-state index in [2.05, 4.69) is 33.0 Å².